The average Bonchev–Trinajstić information content (AvgIpc) is 2.33. The van der Waals surface area contributed by atoms with Gasteiger partial charge in [0.15, 0.2) is 0 Å². The van der Waals surface area contributed by atoms with Crippen LogP contribution in [-0.4, -0.2) is 64.6 Å². The normalized spacial score (nSPS) is 12.9. The highest BCUT2D eigenvalue weighted by Gasteiger charge is 2.21. The van der Waals surface area contributed by atoms with Crippen LogP contribution in [0.4, 0.5) is 0 Å². The largest absolute Gasteiger partial charge is 0.480 e. The number of aliphatic carboxylic acids is 1. The maximum absolute atomic E-state index is 11.0. The SMILES string of the molecule is Cc1nccnc1C(C)N(CCN(C)C)CC(=O)O. The lowest BCUT2D eigenvalue weighted by Crippen LogP contribution is -2.38. The van der Waals surface area contributed by atoms with Crippen molar-refractivity contribution in [2.45, 2.75) is 19.9 Å². The van der Waals surface area contributed by atoms with Crippen molar-refractivity contribution in [2.24, 2.45) is 0 Å². The molecule has 1 aromatic heterocycles. The van der Waals surface area contributed by atoms with Crippen LogP contribution in [-0.2, 0) is 4.79 Å². The van der Waals surface area contributed by atoms with Crippen molar-refractivity contribution < 1.29 is 9.90 Å². The third-order valence-electron chi connectivity index (χ3n) is 3.04. The van der Waals surface area contributed by atoms with E-state index in [1.807, 2.05) is 37.7 Å². The van der Waals surface area contributed by atoms with Gasteiger partial charge in [0.05, 0.1) is 24.0 Å². The summed E-state index contributed by atoms with van der Waals surface area (Å²) in [6.07, 6.45) is 3.29. The Morgan fingerprint density at radius 2 is 1.95 bits per heavy atom. The van der Waals surface area contributed by atoms with E-state index in [0.717, 1.165) is 17.9 Å². The van der Waals surface area contributed by atoms with Crippen LogP contribution in [0.25, 0.3) is 0 Å². The number of carbonyl (C=O) groups is 1. The zero-order valence-electron chi connectivity index (χ0n) is 12.0. The van der Waals surface area contributed by atoms with Crippen molar-refractivity contribution in [3.05, 3.63) is 23.8 Å². The molecule has 0 fully saturated rings. The zero-order chi connectivity index (χ0) is 14.4. The monoisotopic (exact) mass is 266 g/mol. The molecule has 106 valence electrons. The van der Waals surface area contributed by atoms with Crippen molar-refractivity contribution >= 4 is 5.97 Å². The van der Waals surface area contributed by atoms with Gasteiger partial charge in [0.2, 0.25) is 0 Å². The summed E-state index contributed by atoms with van der Waals surface area (Å²) >= 11 is 0. The molecule has 0 saturated heterocycles. The van der Waals surface area contributed by atoms with Crippen LogP contribution in [0, 0.1) is 6.92 Å². The van der Waals surface area contributed by atoms with Crippen molar-refractivity contribution in [3.63, 3.8) is 0 Å². The first-order chi connectivity index (χ1) is 8.91. The molecule has 0 aliphatic carbocycles. The Bertz CT molecular complexity index is 423. The Hall–Kier alpha value is -1.53. The minimum absolute atomic E-state index is 0.00498. The van der Waals surface area contributed by atoms with Gasteiger partial charge in [-0.05, 0) is 27.9 Å². The van der Waals surface area contributed by atoms with E-state index < -0.39 is 5.97 Å². The second kappa shape index (κ2) is 7.16. The Morgan fingerprint density at radius 3 is 2.47 bits per heavy atom. The third kappa shape index (κ3) is 4.92. The number of carboxylic acids is 1. The van der Waals surface area contributed by atoms with Gasteiger partial charge in [-0.15, -0.1) is 0 Å². The topological polar surface area (TPSA) is 69.6 Å². The number of rotatable bonds is 7. The number of likely N-dealkylation sites (N-methyl/N-ethyl adjacent to an activating group) is 1. The molecule has 1 aromatic rings. The van der Waals surface area contributed by atoms with Crippen LogP contribution in [0.5, 0.6) is 0 Å². The molecule has 0 saturated carbocycles. The maximum atomic E-state index is 11.0. The minimum Gasteiger partial charge on any atom is -0.480 e. The summed E-state index contributed by atoms with van der Waals surface area (Å²) in [6.45, 7) is 5.35. The number of aromatic nitrogens is 2. The van der Waals surface area contributed by atoms with E-state index in [1.54, 1.807) is 12.4 Å². The van der Waals surface area contributed by atoms with Crippen molar-refractivity contribution in [2.75, 3.05) is 33.7 Å². The van der Waals surface area contributed by atoms with Crippen molar-refractivity contribution in [3.8, 4) is 0 Å². The summed E-state index contributed by atoms with van der Waals surface area (Å²) in [5.41, 5.74) is 1.68. The lowest BCUT2D eigenvalue weighted by molar-refractivity contribution is -0.139. The molecule has 0 radical (unpaired) electrons. The van der Waals surface area contributed by atoms with E-state index in [-0.39, 0.29) is 12.6 Å². The molecule has 19 heavy (non-hydrogen) atoms. The molecule has 0 aromatic carbocycles. The Kier molecular flexibility index (Phi) is 5.85. The Labute approximate surface area is 114 Å². The van der Waals surface area contributed by atoms with E-state index in [1.165, 1.54) is 0 Å². The first kappa shape index (κ1) is 15.5. The molecular formula is C13H22N4O2. The van der Waals surface area contributed by atoms with Gasteiger partial charge in [-0.2, -0.15) is 0 Å². The fourth-order valence-electron chi connectivity index (χ4n) is 1.91. The number of nitrogens with zero attached hydrogens (tertiary/aromatic N) is 4. The molecular weight excluding hydrogens is 244 g/mol. The average molecular weight is 266 g/mol. The van der Waals surface area contributed by atoms with Crippen LogP contribution < -0.4 is 0 Å². The van der Waals surface area contributed by atoms with Crippen LogP contribution in [0.2, 0.25) is 0 Å². The van der Waals surface area contributed by atoms with E-state index in [0.29, 0.717) is 6.54 Å². The van der Waals surface area contributed by atoms with Crippen molar-refractivity contribution in [1.82, 2.24) is 19.8 Å². The highest BCUT2D eigenvalue weighted by molar-refractivity contribution is 5.69. The molecule has 0 aliphatic rings. The van der Waals surface area contributed by atoms with E-state index >= 15 is 0 Å². The molecule has 6 nitrogen and oxygen atoms in total. The van der Waals surface area contributed by atoms with Gasteiger partial charge in [0, 0.05) is 25.5 Å². The van der Waals surface area contributed by atoms with E-state index in [4.69, 9.17) is 5.11 Å². The maximum Gasteiger partial charge on any atom is 0.317 e. The highest BCUT2D eigenvalue weighted by atomic mass is 16.4. The first-order valence-corrected chi connectivity index (χ1v) is 6.30. The van der Waals surface area contributed by atoms with Gasteiger partial charge < -0.3 is 10.0 Å². The summed E-state index contributed by atoms with van der Waals surface area (Å²) in [4.78, 5) is 23.5. The molecule has 1 unspecified atom stereocenters. The standard InChI is InChI=1S/C13H22N4O2/c1-10-13(15-6-5-14-10)11(2)17(9-12(18)19)8-7-16(3)4/h5-6,11H,7-9H2,1-4H3,(H,18,19). The van der Waals surface area contributed by atoms with Gasteiger partial charge in [-0.1, -0.05) is 0 Å². The molecule has 0 amide bonds. The predicted octanol–water partition coefficient (Wildman–Crippen LogP) is 0.794. The smallest absolute Gasteiger partial charge is 0.317 e. The van der Waals surface area contributed by atoms with Gasteiger partial charge in [0.1, 0.15) is 0 Å². The summed E-state index contributed by atoms with van der Waals surface area (Å²) in [5, 5.41) is 9.02. The summed E-state index contributed by atoms with van der Waals surface area (Å²) < 4.78 is 0. The van der Waals surface area contributed by atoms with Crippen LogP contribution in [0.1, 0.15) is 24.4 Å². The molecule has 1 heterocycles. The lowest BCUT2D eigenvalue weighted by atomic mass is 10.1. The molecule has 0 spiro atoms. The second-order valence-corrected chi connectivity index (χ2v) is 4.87. The Balaban J connectivity index is 2.84. The number of carboxylic acid groups (broad SMARTS) is 1. The van der Waals surface area contributed by atoms with E-state index in [9.17, 15) is 4.79 Å². The first-order valence-electron chi connectivity index (χ1n) is 6.30. The fourth-order valence-corrected chi connectivity index (χ4v) is 1.91. The van der Waals surface area contributed by atoms with E-state index in [2.05, 4.69) is 9.97 Å². The zero-order valence-corrected chi connectivity index (χ0v) is 12.0. The number of hydrogen-bond acceptors (Lipinski definition) is 5. The summed E-state index contributed by atoms with van der Waals surface area (Å²) in [6, 6.07) is -0.0650. The Morgan fingerprint density at radius 1 is 1.32 bits per heavy atom. The molecule has 1 atom stereocenters. The molecule has 1 N–H and O–H groups in total. The van der Waals surface area contributed by atoms with Crippen LogP contribution in [0.3, 0.4) is 0 Å². The molecule has 6 heteroatoms. The summed E-state index contributed by atoms with van der Waals surface area (Å²) in [7, 11) is 3.94. The third-order valence-corrected chi connectivity index (χ3v) is 3.04. The highest BCUT2D eigenvalue weighted by Crippen LogP contribution is 2.19. The quantitative estimate of drug-likeness (QED) is 0.787. The minimum atomic E-state index is -0.827. The second-order valence-electron chi connectivity index (χ2n) is 4.87. The number of aryl methyl sites for hydroxylation is 1. The van der Waals surface area contributed by atoms with Crippen molar-refractivity contribution in [1.29, 1.82) is 0 Å². The molecule has 1 rings (SSSR count). The molecule has 0 aliphatic heterocycles. The lowest BCUT2D eigenvalue weighted by Gasteiger charge is -2.28. The fraction of sp³-hybridized carbons (Fsp3) is 0.615. The van der Waals surface area contributed by atoms with Crippen LogP contribution >= 0.6 is 0 Å². The number of hydrogen-bond donors (Lipinski definition) is 1. The van der Waals surface area contributed by atoms with Gasteiger partial charge in [-0.3, -0.25) is 19.7 Å². The van der Waals surface area contributed by atoms with Gasteiger partial charge in [0.25, 0.3) is 0 Å². The van der Waals surface area contributed by atoms with Gasteiger partial charge in [-0.25, -0.2) is 0 Å². The summed E-state index contributed by atoms with van der Waals surface area (Å²) in [5.74, 6) is -0.827. The van der Waals surface area contributed by atoms with Gasteiger partial charge >= 0.3 is 5.97 Å². The predicted molar refractivity (Wildman–Crippen MR) is 72.9 cm³/mol. The van der Waals surface area contributed by atoms with Crippen LogP contribution in [0.15, 0.2) is 12.4 Å². The molecule has 0 bridgehead atoms.